The Morgan fingerprint density at radius 2 is 1.86 bits per heavy atom. The SMILES string of the molecule is Cc1noc(C)c1CN(CCN)CCc1ccccc1.Cl. The maximum Gasteiger partial charge on any atom is 0.138 e. The number of hydrogen-bond acceptors (Lipinski definition) is 4. The lowest BCUT2D eigenvalue weighted by Crippen LogP contribution is -2.31. The second-order valence-electron chi connectivity index (χ2n) is 5.10. The van der Waals surface area contributed by atoms with Crippen LogP contribution in [0.4, 0.5) is 0 Å². The molecular weight excluding hydrogens is 286 g/mol. The number of hydrogen-bond donors (Lipinski definition) is 1. The lowest BCUT2D eigenvalue weighted by molar-refractivity contribution is 0.274. The van der Waals surface area contributed by atoms with Crippen molar-refractivity contribution in [3.05, 3.63) is 52.9 Å². The summed E-state index contributed by atoms with van der Waals surface area (Å²) in [4.78, 5) is 2.36. The molecular formula is C16H24ClN3O. The molecule has 0 aliphatic carbocycles. The normalized spacial score (nSPS) is 10.7. The van der Waals surface area contributed by atoms with E-state index < -0.39 is 0 Å². The first kappa shape index (κ1) is 17.7. The number of aromatic nitrogens is 1. The average Bonchev–Trinajstić information content (AvgIpc) is 2.78. The highest BCUT2D eigenvalue weighted by molar-refractivity contribution is 5.85. The molecule has 5 heteroatoms. The predicted molar refractivity (Wildman–Crippen MR) is 87.7 cm³/mol. The van der Waals surface area contributed by atoms with E-state index in [1.54, 1.807) is 0 Å². The number of halogens is 1. The van der Waals surface area contributed by atoms with Gasteiger partial charge in [0, 0.05) is 31.7 Å². The monoisotopic (exact) mass is 309 g/mol. The molecule has 1 aromatic heterocycles. The second kappa shape index (κ2) is 8.82. The van der Waals surface area contributed by atoms with Crippen LogP contribution in [0.2, 0.25) is 0 Å². The number of nitrogens with two attached hydrogens (primary N) is 1. The first-order chi connectivity index (χ1) is 9.70. The van der Waals surface area contributed by atoms with Crippen LogP contribution in [0, 0.1) is 13.8 Å². The molecule has 0 bridgehead atoms. The van der Waals surface area contributed by atoms with Gasteiger partial charge in [-0.25, -0.2) is 0 Å². The van der Waals surface area contributed by atoms with E-state index in [0.29, 0.717) is 6.54 Å². The van der Waals surface area contributed by atoms with Crippen LogP contribution in [0.3, 0.4) is 0 Å². The fourth-order valence-electron chi connectivity index (χ4n) is 2.34. The summed E-state index contributed by atoms with van der Waals surface area (Å²) in [5, 5.41) is 4.01. The number of nitrogens with zero attached hydrogens (tertiary/aromatic N) is 2. The van der Waals surface area contributed by atoms with Crippen molar-refractivity contribution in [1.29, 1.82) is 0 Å². The summed E-state index contributed by atoms with van der Waals surface area (Å²) < 4.78 is 5.23. The maximum absolute atomic E-state index is 5.72. The highest BCUT2D eigenvalue weighted by Gasteiger charge is 2.13. The lowest BCUT2D eigenvalue weighted by atomic mass is 10.1. The minimum Gasteiger partial charge on any atom is -0.361 e. The molecule has 0 amide bonds. The van der Waals surface area contributed by atoms with Gasteiger partial charge in [-0.05, 0) is 25.8 Å². The van der Waals surface area contributed by atoms with Gasteiger partial charge in [0.15, 0.2) is 0 Å². The van der Waals surface area contributed by atoms with Gasteiger partial charge in [0.2, 0.25) is 0 Å². The summed E-state index contributed by atoms with van der Waals surface area (Å²) in [5.41, 5.74) is 9.24. The lowest BCUT2D eigenvalue weighted by Gasteiger charge is -2.21. The molecule has 0 spiro atoms. The van der Waals surface area contributed by atoms with Gasteiger partial charge in [-0.3, -0.25) is 4.90 Å². The highest BCUT2D eigenvalue weighted by atomic mass is 35.5. The van der Waals surface area contributed by atoms with Crippen molar-refractivity contribution in [3.8, 4) is 0 Å². The molecule has 0 aliphatic heterocycles. The molecule has 1 aromatic carbocycles. The number of benzene rings is 1. The third-order valence-electron chi connectivity index (χ3n) is 3.57. The molecule has 2 N–H and O–H groups in total. The summed E-state index contributed by atoms with van der Waals surface area (Å²) in [6.45, 7) is 7.35. The Labute approximate surface area is 132 Å². The van der Waals surface area contributed by atoms with E-state index in [4.69, 9.17) is 10.3 Å². The molecule has 21 heavy (non-hydrogen) atoms. The van der Waals surface area contributed by atoms with Crippen LogP contribution in [0.15, 0.2) is 34.9 Å². The zero-order chi connectivity index (χ0) is 14.4. The van der Waals surface area contributed by atoms with E-state index in [9.17, 15) is 0 Å². The Balaban J connectivity index is 0.00000220. The number of rotatable bonds is 7. The van der Waals surface area contributed by atoms with Crippen LogP contribution in [-0.4, -0.2) is 29.7 Å². The van der Waals surface area contributed by atoms with Gasteiger partial charge in [-0.2, -0.15) is 0 Å². The third kappa shape index (κ3) is 5.16. The summed E-state index contributed by atoms with van der Waals surface area (Å²) in [6, 6.07) is 10.5. The molecule has 4 nitrogen and oxygen atoms in total. The van der Waals surface area contributed by atoms with Crippen molar-refractivity contribution in [1.82, 2.24) is 10.1 Å². The summed E-state index contributed by atoms with van der Waals surface area (Å²) >= 11 is 0. The quantitative estimate of drug-likeness (QED) is 0.854. The van der Waals surface area contributed by atoms with Gasteiger partial charge < -0.3 is 10.3 Å². The summed E-state index contributed by atoms with van der Waals surface area (Å²) in [7, 11) is 0. The topological polar surface area (TPSA) is 55.3 Å². The van der Waals surface area contributed by atoms with Gasteiger partial charge >= 0.3 is 0 Å². The Kier molecular flexibility index (Phi) is 7.43. The van der Waals surface area contributed by atoms with Gasteiger partial charge in [0.05, 0.1) is 5.69 Å². The summed E-state index contributed by atoms with van der Waals surface area (Å²) in [6.07, 6.45) is 1.03. The molecule has 116 valence electrons. The van der Waals surface area contributed by atoms with E-state index >= 15 is 0 Å². The van der Waals surface area contributed by atoms with Crippen LogP contribution < -0.4 is 5.73 Å². The van der Waals surface area contributed by atoms with E-state index in [2.05, 4.69) is 34.3 Å². The van der Waals surface area contributed by atoms with E-state index in [-0.39, 0.29) is 12.4 Å². The third-order valence-corrected chi connectivity index (χ3v) is 3.57. The molecule has 2 aromatic rings. The second-order valence-corrected chi connectivity index (χ2v) is 5.10. The highest BCUT2D eigenvalue weighted by Crippen LogP contribution is 2.15. The van der Waals surface area contributed by atoms with Crippen molar-refractivity contribution in [3.63, 3.8) is 0 Å². The number of aryl methyl sites for hydroxylation is 2. The molecule has 2 rings (SSSR count). The first-order valence-electron chi connectivity index (χ1n) is 7.09. The Morgan fingerprint density at radius 3 is 2.43 bits per heavy atom. The molecule has 0 saturated carbocycles. The Morgan fingerprint density at radius 1 is 1.14 bits per heavy atom. The van der Waals surface area contributed by atoms with Crippen LogP contribution >= 0.6 is 12.4 Å². The predicted octanol–water partition coefficient (Wildman–Crippen LogP) is 2.72. The van der Waals surface area contributed by atoms with Gasteiger partial charge in [0.25, 0.3) is 0 Å². The van der Waals surface area contributed by atoms with Gasteiger partial charge in [-0.1, -0.05) is 35.5 Å². The van der Waals surface area contributed by atoms with Crippen molar-refractivity contribution in [2.45, 2.75) is 26.8 Å². The molecule has 0 fully saturated rings. The smallest absolute Gasteiger partial charge is 0.138 e. The Bertz CT molecular complexity index is 508. The van der Waals surface area contributed by atoms with E-state index in [1.807, 2.05) is 19.9 Å². The zero-order valence-corrected chi connectivity index (χ0v) is 13.5. The van der Waals surface area contributed by atoms with Crippen LogP contribution in [0.5, 0.6) is 0 Å². The molecule has 0 atom stereocenters. The van der Waals surface area contributed by atoms with Crippen molar-refractivity contribution < 1.29 is 4.52 Å². The molecule has 1 heterocycles. The maximum atomic E-state index is 5.72. The molecule has 0 radical (unpaired) electrons. The zero-order valence-electron chi connectivity index (χ0n) is 12.7. The Hall–Kier alpha value is -1.36. The molecule has 0 aliphatic rings. The van der Waals surface area contributed by atoms with Crippen molar-refractivity contribution >= 4 is 12.4 Å². The fourth-order valence-corrected chi connectivity index (χ4v) is 2.34. The van der Waals surface area contributed by atoms with Crippen molar-refractivity contribution in [2.75, 3.05) is 19.6 Å². The average molecular weight is 310 g/mol. The van der Waals surface area contributed by atoms with Crippen LogP contribution in [0.1, 0.15) is 22.6 Å². The molecule has 0 unspecified atom stereocenters. The minimum absolute atomic E-state index is 0. The van der Waals surface area contributed by atoms with Crippen LogP contribution in [0.25, 0.3) is 0 Å². The standard InChI is InChI=1S/C16H23N3O.ClH/c1-13-16(14(2)20-18-13)12-19(11-9-17)10-8-15-6-4-3-5-7-15;/h3-7H,8-12,17H2,1-2H3;1H. The first-order valence-corrected chi connectivity index (χ1v) is 7.09. The van der Waals surface area contributed by atoms with Crippen molar-refractivity contribution in [2.24, 2.45) is 5.73 Å². The van der Waals surface area contributed by atoms with E-state index in [0.717, 1.165) is 37.5 Å². The molecule has 0 saturated heterocycles. The minimum atomic E-state index is 0. The van der Waals surface area contributed by atoms with Gasteiger partial charge in [0.1, 0.15) is 5.76 Å². The van der Waals surface area contributed by atoms with E-state index in [1.165, 1.54) is 11.1 Å². The fraction of sp³-hybridized carbons (Fsp3) is 0.438. The van der Waals surface area contributed by atoms with Gasteiger partial charge in [-0.15, -0.1) is 12.4 Å². The largest absolute Gasteiger partial charge is 0.361 e. The summed E-state index contributed by atoms with van der Waals surface area (Å²) in [5.74, 6) is 0.907. The van der Waals surface area contributed by atoms with Crippen LogP contribution in [-0.2, 0) is 13.0 Å².